The first-order valence-corrected chi connectivity index (χ1v) is 9.57. The molecular formula is C16H17N3O3S2. The molecule has 0 saturated carbocycles. The van der Waals surface area contributed by atoms with Gasteiger partial charge in [-0.3, -0.25) is 4.72 Å². The molecule has 0 radical (unpaired) electrons. The van der Waals surface area contributed by atoms with E-state index in [1.165, 1.54) is 11.3 Å². The van der Waals surface area contributed by atoms with Crippen LogP contribution in [-0.4, -0.2) is 18.6 Å². The molecular weight excluding hydrogens is 346 g/mol. The standard InChI is InChI=1S/C16H17N3O3S2/c1-9-5-10(2)7-13(6-9)19-24(20,21)15-8-14(23-11(15)3)16-17-12(4)22-18-16/h5-8,19H,1-4H3. The maximum atomic E-state index is 12.7. The van der Waals surface area contributed by atoms with Crippen LogP contribution >= 0.6 is 11.3 Å². The molecule has 1 aromatic carbocycles. The minimum Gasteiger partial charge on any atom is -0.339 e. The van der Waals surface area contributed by atoms with Gasteiger partial charge in [-0.15, -0.1) is 11.3 Å². The van der Waals surface area contributed by atoms with Gasteiger partial charge in [0.1, 0.15) is 4.90 Å². The van der Waals surface area contributed by atoms with Gasteiger partial charge in [0.2, 0.25) is 11.7 Å². The summed E-state index contributed by atoms with van der Waals surface area (Å²) in [5.41, 5.74) is 2.55. The number of thiophene rings is 1. The van der Waals surface area contributed by atoms with Crippen LogP contribution in [0.2, 0.25) is 0 Å². The molecule has 2 aromatic heterocycles. The van der Waals surface area contributed by atoms with Crippen LogP contribution < -0.4 is 4.72 Å². The van der Waals surface area contributed by atoms with Crippen LogP contribution in [0.15, 0.2) is 33.7 Å². The second-order valence-corrected chi connectivity index (χ2v) is 8.56. The molecule has 3 rings (SSSR count). The zero-order valence-corrected chi connectivity index (χ0v) is 15.4. The summed E-state index contributed by atoms with van der Waals surface area (Å²) in [6.07, 6.45) is 0. The molecule has 0 unspecified atom stereocenters. The average molecular weight is 363 g/mol. The number of rotatable bonds is 4. The van der Waals surface area contributed by atoms with Crippen molar-refractivity contribution in [3.8, 4) is 10.7 Å². The number of hydrogen-bond acceptors (Lipinski definition) is 6. The third-order valence-electron chi connectivity index (χ3n) is 3.38. The van der Waals surface area contributed by atoms with Crippen molar-refractivity contribution in [2.24, 2.45) is 0 Å². The van der Waals surface area contributed by atoms with Gasteiger partial charge in [-0.1, -0.05) is 11.2 Å². The average Bonchev–Trinajstić information content (AvgIpc) is 3.03. The minimum absolute atomic E-state index is 0.226. The summed E-state index contributed by atoms with van der Waals surface area (Å²) in [6.45, 7) is 7.31. The Morgan fingerprint density at radius 1 is 1.04 bits per heavy atom. The van der Waals surface area contributed by atoms with Crippen molar-refractivity contribution in [1.82, 2.24) is 10.1 Å². The highest BCUT2D eigenvalue weighted by atomic mass is 32.2. The van der Waals surface area contributed by atoms with Crippen LogP contribution in [-0.2, 0) is 10.0 Å². The lowest BCUT2D eigenvalue weighted by atomic mass is 10.1. The number of nitrogens with zero attached hydrogens (tertiary/aromatic N) is 2. The van der Waals surface area contributed by atoms with E-state index in [4.69, 9.17) is 4.52 Å². The molecule has 0 aliphatic carbocycles. The fourth-order valence-electron chi connectivity index (χ4n) is 2.49. The number of nitrogens with one attached hydrogen (secondary N) is 1. The van der Waals surface area contributed by atoms with Crippen LogP contribution in [0.1, 0.15) is 21.9 Å². The Labute approximate surface area is 144 Å². The molecule has 0 amide bonds. The predicted octanol–water partition coefficient (Wildman–Crippen LogP) is 3.83. The second kappa shape index (κ2) is 6.03. The van der Waals surface area contributed by atoms with E-state index in [-0.39, 0.29) is 4.90 Å². The van der Waals surface area contributed by atoms with Crippen molar-refractivity contribution < 1.29 is 12.9 Å². The third kappa shape index (κ3) is 3.34. The SMILES string of the molecule is Cc1cc(C)cc(NS(=O)(=O)c2cc(-c3noc(C)n3)sc2C)c1. The van der Waals surface area contributed by atoms with Crippen molar-refractivity contribution in [2.75, 3.05) is 4.72 Å². The van der Waals surface area contributed by atoms with E-state index in [1.54, 1.807) is 32.0 Å². The lowest BCUT2D eigenvalue weighted by Gasteiger charge is -2.09. The van der Waals surface area contributed by atoms with E-state index in [0.29, 0.717) is 27.2 Å². The lowest BCUT2D eigenvalue weighted by Crippen LogP contribution is -2.13. The Morgan fingerprint density at radius 3 is 2.29 bits per heavy atom. The Hall–Kier alpha value is -2.19. The van der Waals surface area contributed by atoms with Gasteiger partial charge in [0, 0.05) is 17.5 Å². The van der Waals surface area contributed by atoms with E-state index in [9.17, 15) is 8.42 Å². The van der Waals surface area contributed by atoms with Gasteiger partial charge in [-0.05, 0) is 50.1 Å². The summed E-state index contributed by atoms with van der Waals surface area (Å²) in [5, 5.41) is 3.84. The van der Waals surface area contributed by atoms with Crippen LogP contribution in [0, 0.1) is 27.7 Å². The summed E-state index contributed by atoms with van der Waals surface area (Å²) in [5.74, 6) is 0.835. The van der Waals surface area contributed by atoms with Crippen LogP contribution in [0.4, 0.5) is 5.69 Å². The highest BCUT2D eigenvalue weighted by Crippen LogP contribution is 2.33. The molecule has 126 valence electrons. The molecule has 3 aromatic rings. The number of anilines is 1. The fourth-order valence-corrected chi connectivity index (χ4v) is 5.04. The lowest BCUT2D eigenvalue weighted by molar-refractivity contribution is 0.394. The highest BCUT2D eigenvalue weighted by molar-refractivity contribution is 7.93. The monoisotopic (exact) mass is 363 g/mol. The van der Waals surface area contributed by atoms with Crippen molar-refractivity contribution in [2.45, 2.75) is 32.6 Å². The molecule has 24 heavy (non-hydrogen) atoms. The highest BCUT2D eigenvalue weighted by Gasteiger charge is 2.22. The maximum Gasteiger partial charge on any atom is 0.263 e. The summed E-state index contributed by atoms with van der Waals surface area (Å²) in [4.78, 5) is 5.70. The van der Waals surface area contributed by atoms with E-state index >= 15 is 0 Å². The molecule has 0 aliphatic rings. The fraction of sp³-hybridized carbons (Fsp3) is 0.250. The number of aromatic nitrogens is 2. The minimum atomic E-state index is -3.68. The van der Waals surface area contributed by atoms with E-state index in [0.717, 1.165) is 11.1 Å². The molecule has 0 bridgehead atoms. The van der Waals surface area contributed by atoms with Crippen LogP contribution in [0.25, 0.3) is 10.7 Å². The third-order valence-corrected chi connectivity index (χ3v) is 6.07. The molecule has 2 heterocycles. The van der Waals surface area contributed by atoms with E-state index < -0.39 is 10.0 Å². The molecule has 0 fully saturated rings. The van der Waals surface area contributed by atoms with Crippen molar-refractivity contribution in [3.63, 3.8) is 0 Å². The summed E-state index contributed by atoms with van der Waals surface area (Å²) in [7, 11) is -3.68. The first-order valence-electron chi connectivity index (χ1n) is 7.27. The Kier molecular flexibility index (Phi) is 4.18. The van der Waals surface area contributed by atoms with Crippen LogP contribution in [0.5, 0.6) is 0 Å². The summed E-state index contributed by atoms with van der Waals surface area (Å²) >= 11 is 1.32. The number of benzene rings is 1. The van der Waals surface area contributed by atoms with Gasteiger partial charge in [0.15, 0.2) is 0 Å². The van der Waals surface area contributed by atoms with E-state index in [2.05, 4.69) is 14.9 Å². The number of hydrogen-bond donors (Lipinski definition) is 1. The second-order valence-electron chi connectivity index (χ2n) is 5.65. The van der Waals surface area contributed by atoms with Gasteiger partial charge < -0.3 is 4.52 Å². The van der Waals surface area contributed by atoms with Crippen molar-refractivity contribution in [1.29, 1.82) is 0 Å². The maximum absolute atomic E-state index is 12.7. The summed E-state index contributed by atoms with van der Waals surface area (Å²) in [6, 6.07) is 7.17. The zero-order chi connectivity index (χ0) is 17.5. The molecule has 0 saturated heterocycles. The smallest absolute Gasteiger partial charge is 0.263 e. The van der Waals surface area contributed by atoms with Gasteiger partial charge >= 0.3 is 0 Å². The molecule has 6 nitrogen and oxygen atoms in total. The van der Waals surface area contributed by atoms with Gasteiger partial charge in [0.25, 0.3) is 10.0 Å². The molecule has 8 heteroatoms. The van der Waals surface area contributed by atoms with Crippen molar-refractivity contribution >= 4 is 27.0 Å². The van der Waals surface area contributed by atoms with Gasteiger partial charge in [-0.25, -0.2) is 8.42 Å². The topological polar surface area (TPSA) is 85.1 Å². The van der Waals surface area contributed by atoms with Gasteiger partial charge in [0.05, 0.1) is 4.88 Å². The zero-order valence-electron chi connectivity index (χ0n) is 13.7. The Balaban J connectivity index is 1.96. The normalized spacial score (nSPS) is 11.7. The first kappa shape index (κ1) is 16.7. The quantitative estimate of drug-likeness (QED) is 0.761. The number of aryl methyl sites for hydroxylation is 4. The molecule has 0 atom stereocenters. The number of sulfonamides is 1. The largest absolute Gasteiger partial charge is 0.339 e. The summed E-state index contributed by atoms with van der Waals surface area (Å²) < 4.78 is 33.1. The first-order chi connectivity index (χ1) is 11.2. The Bertz CT molecular complexity index is 983. The predicted molar refractivity (Wildman–Crippen MR) is 93.8 cm³/mol. The molecule has 0 spiro atoms. The van der Waals surface area contributed by atoms with E-state index in [1.807, 2.05) is 19.9 Å². The molecule has 1 N–H and O–H groups in total. The van der Waals surface area contributed by atoms with Gasteiger partial charge in [-0.2, -0.15) is 4.98 Å². The molecule has 0 aliphatic heterocycles. The van der Waals surface area contributed by atoms with Crippen LogP contribution in [0.3, 0.4) is 0 Å². The van der Waals surface area contributed by atoms with Crippen molar-refractivity contribution in [3.05, 3.63) is 46.2 Å². The Morgan fingerprint density at radius 2 is 1.71 bits per heavy atom.